The third kappa shape index (κ3) is 2.63. The van der Waals surface area contributed by atoms with E-state index in [1.165, 1.54) is 6.07 Å². The van der Waals surface area contributed by atoms with Crippen LogP contribution in [0.4, 0.5) is 24.5 Å². The van der Waals surface area contributed by atoms with Gasteiger partial charge in [-0.2, -0.15) is 8.78 Å². The molecule has 6 heteroatoms. The number of halogens is 3. The summed E-state index contributed by atoms with van der Waals surface area (Å²) in [6.07, 6.45) is 2.07. The van der Waals surface area contributed by atoms with E-state index in [1.54, 1.807) is 0 Å². The van der Waals surface area contributed by atoms with Crippen LogP contribution in [0.5, 0.6) is 5.75 Å². The predicted octanol–water partition coefficient (Wildman–Crippen LogP) is 3.00. The fourth-order valence-electron chi connectivity index (χ4n) is 2.00. The molecule has 0 radical (unpaired) electrons. The molecule has 0 unspecified atom stereocenters. The fourth-order valence-corrected chi connectivity index (χ4v) is 2.00. The maximum atomic E-state index is 13.4. The van der Waals surface area contributed by atoms with Crippen molar-refractivity contribution in [1.82, 2.24) is 0 Å². The van der Waals surface area contributed by atoms with Crippen LogP contribution in [0.25, 0.3) is 0 Å². The lowest BCUT2D eigenvalue weighted by molar-refractivity contribution is -0.0521. The smallest absolute Gasteiger partial charge is 0.387 e. The van der Waals surface area contributed by atoms with E-state index < -0.39 is 18.2 Å². The number of alkyl halides is 2. The molecule has 0 saturated heterocycles. The van der Waals surface area contributed by atoms with Crippen LogP contribution in [-0.2, 0) is 0 Å². The molecule has 2 rings (SSSR count). The molecule has 0 heterocycles. The predicted molar refractivity (Wildman–Crippen MR) is 63.5 cm³/mol. The van der Waals surface area contributed by atoms with Crippen LogP contribution in [-0.4, -0.2) is 19.2 Å². The Morgan fingerprint density at radius 2 is 2.11 bits per heavy atom. The highest BCUT2D eigenvalue weighted by Gasteiger charge is 2.30. The lowest BCUT2D eigenvalue weighted by Gasteiger charge is -2.25. The first-order chi connectivity index (χ1) is 8.52. The minimum absolute atomic E-state index is 0.239. The number of hydrogen-bond donors (Lipinski definition) is 1. The lowest BCUT2D eigenvalue weighted by Crippen LogP contribution is -2.26. The van der Waals surface area contributed by atoms with E-state index in [9.17, 15) is 13.2 Å². The van der Waals surface area contributed by atoms with Gasteiger partial charge < -0.3 is 15.4 Å². The van der Waals surface area contributed by atoms with Crippen molar-refractivity contribution in [2.24, 2.45) is 0 Å². The van der Waals surface area contributed by atoms with Gasteiger partial charge in [0.15, 0.2) is 11.6 Å². The van der Waals surface area contributed by atoms with Crippen LogP contribution in [0.3, 0.4) is 0 Å². The third-order valence-electron chi connectivity index (χ3n) is 2.94. The lowest BCUT2D eigenvalue weighted by atomic mass is 10.2. The molecule has 1 saturated carbocycles. The normalized spacial score (nSPS) is 14.9. The highest BCUT2D eigenvalue weighted by Crippen LogP contribution is 2.38. The zero-order chi connectivity index (χ0) is 13.3. The first kappa shape index (κ1) is 12.9. The van der Waals surface area contributed by atoms with Gasteiger partial charge in [-0.15, -0.1) is 0 Å². The summed E-state index contributed by atoms with van der Waals surface area (Å²) in [7, 11) is 0. The van der Waals surface area contributed by atoms with Gasteiger partial charge in [0.25, 0.3) is 0 Å². The minimum Gasteiger partial charge on any atom is -0.432 e. The highest BCUT2D eigenvalue weighted by molar-refractivity contribution is 5.70. The van der Waals surface area contributed by atoms with Gasteiger partial charge in [-0.1, -0.05) is 0 Å². The van der Waals surface area contributed by atoms with Gasteiger partial charge in [0.05, 0.1) is 11.4 Å². The Kier molecular flexibility index (Phi) is 3.54. The average molecular weight is 260 g/mol. The molecular formula is C12H15F3N2O. The minimum atomic E-state index is -3.05. The second kappa shape index (κ2) is 4.96. The maximum absolute atomic E-state index is 13.4. The van der Waals surface area contributed by atoms with E-state index >= 15 is 0 Å². The van der Waals surface area contributed by atoms with Gasteiger partial charge in [-0.25, -0.2) is 4.39 Å². The van der Waals surface area contributed by atoms with Crippen molar-refractivity contribution < 1.29 is 17.9 Å². The zero-order valence-electron chi connectivity index (χ0n) is 10.00. The number of benzene rings is 1. The molecule has 0 atom stereocenters. The Morgan fingerprint density at radius 3 is 2.61 bits per heavy atom. The molecule has 1 fully saturated rings. The number of nitrogens with zero attached hydrogens (tertiary/aromatic N) is 1. The van der Waals surface area contributed by atoms with Crippen LogP contribution in [0, 0.1) is 5.82 Å². The molecule has 0 amide bonds. The summed E-state index contributed by atoms with van der Waals surface area (Å²) in [5.41, 5.74) is 6.53. The molecule has 2 N–H and O–H groups in total. The molecule has 18 heavy (non-hydrogen) atoms. The molecule has 1 aromatic rings. The van der Waals surface area contributed by atoms with Crippen molar-refractivity contribution >= 4 is 11.4 Å². The van der Waals surface area contributed by atoms with Gasteiger partial charge in [-0.3, -0.25) is 0 Å². The van der Waals surface area contributed by atoms with Crippen molar-refractivity contribution in [3.63, 3.8) is 0 Å². The summed E-state index contributed by atoms with van der Waals surface area (Å²) in [4.78, 5) is 1.98. The number of rotatable bonds is 5. The van der Waals surface area contributed by atoms with E-state index in [4.69, 9.17) is 5.73 Å². The van der Waals surface area contributed by atoms with Crippen molar-refractivity contribution in [2.75, 3.05) is 17.2 Å². The summed E-state index contributed by atoms with van der Waals surface area (Å²) >= 11 is 0. The van der Waals surface area contributed by atoms with Crippen LogP contribution < -0.4 is 15.4 Å². The molecular weight excluding hydrogens is 245 g/mol. The SMILES string of the molecule is CCN(c1cc(OC(F)F)c(F)cc1N)C1CC1. The maximum Gasteiger partial charge on any atom is 0.387 e. The third-order valence-corrected chi connectivity index (χ3v) is 2.94. The molecule has 0 aromatic heterocycles. The van der Waals surface area contributed by atoms with E-state index in [-0.39, 0.29) is 5.69 Å². The van der Waals surface area contributed by atoms with Gasteiger partial charge >= 0.3 is 6.61 Å². The molecule has 0 bridgehead atoms. The first-order valence-electron chi connectivity index (χ1n) is 5.83. The molecule has 1 aliphatic carbocycles. The van der Waals surface area contributed by atoms with E-state index in [1.807, 2.05) is 11.8 Å². The van der Waals surface area contributed by atoms with Gasteiger partial charge in [0, 0.05) is 24.7 Å². The van der Waals surface area contributed by atoms with Crippen LogP contribution in [0.15, 0.2) is 12.1 Å². The zero-order valence-corrected chi connectivity index (χ0v) is 10.00. The summed E-state index contributed by atoms with van der Waals surface area (Å²) < 4.78 is 41.9. The Balaban J connectivity index is 2.33. The summed E-state index contributed by atoms with van der Waals surface area (Å²) in [6.45, 7) is -0.421. The van der Waals surface area contributed by atoms with Crippen molar-refractivity contribution in [1.29, 1.82) is 0 Å². The van der Waals surface area contributed by atoms with Gasteiger partial charge in [-0.05, 0) is 19.8 Å². The standard InChI is InChI=1S/C12H15F3N2O/c1-2-17(7-3-4-7)10-6-11(18-12(14)15)8(13)5-9(10)16/h5-7,12H,2-4,16H2,1H3. The molecule has 0 spiro atoms. The second-order valence-electron chi connectivity index (χ2n) is 4.24. The van der Waals surface area contributed by atoms with Crippen LogP contribution in [0.1, 0.15) is 19.8 Å². The van der Waals surface area contributed by atoms with E-state index in [0.717, 1.165) is 18.9 Å². The quantitative estimate of drug-likeness (QED) is 0.827. The number of nitrogen functional groups attached to an aromatic ring is 1. The highest BCUT2D eigenvalue weighted by atomic mass is 19.3. The summed E-state index contributed by atoms with van der Waals surface area (Å²) in [6, 6.07) is 2.64. The molecule has 3 nitrogen and oxygen atoms in total. The fraction of sp³-hybridized carbons (Fsp3) is 0.500. The van der Waals surface area contributed by atoms with Crippen molar-refractivity contribution in [2.45, 2.75) is 32.4 Å². The van der Waals surface area contributed by atoms with Crippen LogP contribution in [0.2, 0.25) is 0 Å². The molecule has 1 aromatic carbocycles. The number of ether oxygens (including phenoxy) is 1. The van der Waals surface area contributed by atoms with Crippen molar-refractivity contribution in [3.05, 3.63) is 17.9 Å². The Bertz CT molecular complexity index is 436. The van der Waals surface area contributed by atoms with Gasteiger partial charge in [0.1, 0.15) is 0 Å². The second-order valence-corrected chi connectivity index (χ2v) is 4.24. The summed E-state index contributed by atoms with van der Waals surface area (Å²) in [5.74, 6) is -1.34. The van der Waals surface area contributed by atoms with E-state index in [2.05, 4.69) is 4.74 Å². The van der Waals surface area contributed by atoms with Crippen molar-refractivity contribution in [3.8, 4) is 5.75 Å². The Morgan fingerprint density at radius 1 is 1.44 bits per heavy atom. The summed E-state index contributed by atoms with van der Waals surface area (Å²) in [5, 5.41) is 0. The van der Waals surface area contributed by atoms with E-state index in [0.29, 0.717) is 18.3 Å². The van der Waals surface area contributed by atoms with Gasteiger partial charge in [0.2, 0.25) is 0 Å². The molecule has 1 aliphatic rings. The number of nitrogens with two attached hydrogens (primary N) is 1. The average Bonchev–Trinajstić information content (AvgIpc) is 3.09. The largest absolute Gasteiger partial charge is 0.432 e. The molecule has 0 aliphatic heterocycles. The number of hydrogen-bond acceptors (Lipinski definition) is 3. The van der Waals surface area contributed by atoms with Crippen LogP contribution >= 0.6 is 0 Å². The Hall–Kier alpha value is -1.59. The number of anilines is 2. The first-order valence-corrected chi connectivity index (χ1v) is 5.83. The molecule has 100 valence electrons. The topological polar surface area (TPSA) is 38.5 Å². The monoisotopic (exact) mass is 260 g/mol. The Labute approximate surface area is 103 Å².